The van der Waals surface area contributed by atoms with Gasteiger partial charge in [-0.15, -0.1) is 0 Å². The molecule has 90 valence electrons. The highest BCUT2D eigenvalue weighted by Crippen LogP contribution is 2.33. The molecular formula is C13H9ClN2OS. The van der Waals surface area contributed by atoms with Gasteiger partial charge >= 0.3 is 0 Å². The predicted octanol–water partition coefficient (Wildman–Crippen LogP) is 4.32. The lowest BCUT2D eigenvalue weighted by atomic mass is 10.3. The highest BCUT2D eigenvalue weighted by atomic mass is 35.5. The van der Waals surface area contributed by atoms with E-state index in [-0.39, 0.29) is 0 Å². The normalized spacial score (nSPS) is 10.7. The van der Waals surface area contributed by atoms with Crippen LogP contribution in [-0.4, -0.2) is 4.98 Å². The molecule has 18 heavy (non-hydrogen) atoms. The van der Waals surface area contributed by atoms with E-state index in [1.165, 1.54) is 11.3 Å². The number of fused-ring (bicyclic) bond motifs is 1. The van der Waals surface area contributed by atoms with Crippen LogP contribution in [0, 0.1) is 0 Å². The van der Waals surface area contributed by atoms with Crippen LogP contribution in [0.2, 0.25) is 5.02 Å². The van der Waals surface area contributed by atoms with E-state index in [2.05, 4.69) is 4.98 Å². The molecule has 0 unspecified atom stereocenters. The predicted molar refractivity (Wildman–Crippen MR) is 75.6 cm³/mol. The van der Waals surface area contributed by atoms with Crippen molar-refractivity contribution in [3.8, 4) is 11.5 Å². The second-order valence-corrected chi connectivity index (χ2v) is 5.21. The maximum Gasteiger partial charge on any atom is 0.181 e. The molecule has 3 aromatic rings. The molecule has 1 heterocycles. The van der Waals surface area contributed by atoms with Crippen molar-refractivity contribution in [1.29, 1.82) is 0 Å². The Morgan fingerprint density at radius 2 is 1.89 bits per heavy atom. The summed E-state index contributed by atoms with van der Waals surface area (Å²) < 4.78 is 6.80. The SMILES string of the molecule is Nc1nc2c(Oc3ccc(Cl)cc3)cccc2s1. The Morgan fingerprint density at radius 1 is 1.11 bits per heavy atom. The number of hydrogen-bond donors (Lipinski definition) is 1. The molecule has 1 aromatic heterocycles. The second-order valence-electron chi connectivity index (χ2n) is 3.71. The van der Waals surface area contributed by atoms with Gasteiger partial charge in [0.2, 0.25) is 0 Å². The third-order valence-corrected chi connectivity index (χ3v) is 3.54. The lowest BCUT2D eigenvalue weighted by Crippen LogP contribution is -1.86. The lowest BCUT2D eigenvalue weighted by molar-refractivity contribution is 0.487. The fourth-order valence-electron chi connectivity index (χ4n) is 1.65. The van der Waals surface area contributed by atoms with Crippen LogP contribution in [0.25, 0.3) is 10.2 Å². The minimum absolute atomic E-state index is 0.539. The molecule has 0 amide bonds. The number of aromatic nitrogens is 1. The molecule has 0 fully saturated rings. The van der Waals surface area contributed by atoms with Crippen LogP contribution in [0.3, 0.4) is 0 Å². The number of para-hydroxylation sites is 1. The van der Waals surface area contributed by atoms with Gasteiger partial charge in [0.05, 0.1) is 4.70 Å². The Balaban J connectivity index is 2.01. The van der Waals surface area contributed by atoms with E-state index in [1.54, 1.807) is 12.1 Å². The quantitative estimate of drug-likeness (QED) is 0.758. The molecule has 3 nitrogen and oxygen atoms in total. The van der Waals surface area contributed by atoms with E-state index < -0.39 is 0 Å². The minimum Gasteiger partial charge on any atom is -0.455 e. The molecule has 2 N–H and O–H groups in total. The number of halogens is 1. The van der Waals surface area contributed by atoms with E-state index in [9.17, 15) is 0 Å². The molecule has 0 bridgehead atoms. The Morgan fingerprint density at radius 3 is 2.67 bits per heavy atom. The van der Waals surface area contributed by atoms with Crippen molar-refractivity contribution in [2.45, 2.75) is 0 Å². The van der Waals surface area contributed by atoms with Crippen LogP contribution in [-0.2, 0) is 0 Å². The molecule has 0 saturated heterocycles. The van der Waals surface area contributed by atoms with E-state index in [1.807, 2.05) is 30.3 Å². The highest BCUT2D eigenvalue weighted by molar-refractivity contribution is 7.22. The zero-order chi connectivity index (χ0) is 12.5. The van der Waals surface area contributed by atoms with Crippen LogP contribution < -0.4 is 10.5 Å². The maximum absolute atomic E-state index is 5.83. The summed E-state index contributed by atoms with van der Waals surface area (Å²) in [4.78, 5) is 4.27. The zero-order valence-corrected chi connectivity index (χ0v) is 10.8. The number of anilines is 1. The third kappa shape index (κ3) is 2.12. The Hall–Kier alpha value is -1.78. The summed E-state index contributed by atoms with van der Waals surface area (Å²) in [5.74, 6) is 1.42. The summed E-state index contributed by atoms with van der Waals surface area (Å²) in [6.07, 6.45) is 0. The molecule has 0 atom stereocenters. The number of nitrogen functional groups attached to an aromatic ring is 1. The average molecular weight is 277 g/mol. The van der Waals surface area contributed by atoms with Crippen molar-refractivity contribution in [2.75, 3.05) is 5.73 Å². The zero-order valence-electron chi connectivity index (χ0n) is 9.26. The summed E-state index contributed by atoms with van der Waals surface area (Å²) in [6, 6.07) is 13.0. The minimum atomic E-state index is 0.539. The average Bonchev–Trinajstić information content (AvgIpc) is 2.73. The Kier molecular flexibility index (Phi) is 2.81. The number of thiazole rings is 1. The number of rotatable bonds is 2. The Labute approximate surface area is 113 Å². The molecular weight excluding hydrogens is 268 g/mol. The topological polar surface area (TPSA) is 48.1 Å². The van der Waals surface area contributed by atoms with Crippen molar-refractivity contribution in [3.63, 3.8) is 0 Å². The van der Waals surface area contributed by atoms with Gasteiger partial charge in [-0.1, -0.05) is 29.0 Å². The van der Waals surface area contributed by atoms with Gasteiger partial charge in [-0.3, -0.25) is 0 Å². The summed E-state index contributed by atoms with van der Waals surface area (Å²) in [6.45, 7) is 0. The maximum atomic E-state index is 5.83. The van der Waals surface area contributed by atoms with Crippen LogP contribution in [0.15, 0.2) is 42.5 Å². The van der Waals surface area contributed by atoms with Gasteiger partial charge in [-0.2, -0.15) is 0 Å². The first-order valence-electron chi connectivity index (χ1n) is 5.31. The molecule has 0 saturated carbocycles. The number of hydrogen-bond acceptors (Lipinski definition) is 4. The van der Waals surface area contributed by atoms with Crippen LogP contribution >= 0.6 is 22.9 Å². The smallest absolute Gasteiger partial charge is 0.181 e. The van der Waals surface area contributed by atoms with Gasteiger partial charge in [0, 0.05) is 5.02 Å². The summed E-state index contributed by atoms with van der Waals surface area (Å²) in [5.41, 5.74) is 6.49. The highest BCUT2D eigenvalue weighted by Gasteiger charge is 2.08. The van der Waals surface area contributed by atoms with Crippen LogP contribution in [0.1, 0.15) is 0 Å². The van der Waals surface area contributed by atoms with E-state index in [0.29, 0.717) is 15.9 Å². The molecule has 3 rings (SSSR count). The molecule has 0 radical (unpaired) electrons. The van der Waals surface area contributed by atoms with Crippen LogP contribution in [0.5, 0.6) is 11.5 Å². The van der Waals surface area contributed by atoms with Gasteiger partial charge < -0.3 is 10.5 Å². The lowest BCUT2D eigenvalue weighted by Gasteiger charge is -2.05. The van der Waals surface area contributed by atoms with Gasteiger partial charge in [-0.25, -0.2) is 4.98 Å². The van der Waals surface area contributed by atoms with Gasteiger partial charge in [0.15, 0.2) is 10.9 Å². The molecule has 5 heteroatoms. The van der Waals surface area contributed by atoms with Gasteiger partial charge in [-0.05, 0) is 36.4 Å². The van der Waals surface area contributed by atoms with Crippen molar-refractivity contribution in [2.24, 2.45) is 0 Å². The summed E-state index contributed by atoms with van der Waals surface area (Å²) >= 11 is 7.28. The molecule has 0 aliphatic heterocycles. The van der Waals surface area contributed by atoms with E-state index >= 15 is 0 Å². The van der Waals surface area contributed by atoms with Gasteiger partial charge in [0.1, 0.15) is 11.3 Å². The number of benzene rings is 2. The molecule has 0 aliphatic carbocycles. The third-order valence-electron chi connectivity index (χ3n) is 2.44. The summed E-state index contributed by atoms with van der Waals surface area (Å²) in [5, 5.41) is 1.22. The molecule has 2 aromatic carbocycles. The first kappa shape index (κ1) is 11.3. The van der Waals surface area contributed by atoms with E-state index in [0.717, 1.165) is 16.0 Å². The monoisotopic (exact) mass is 276 g/mol. The van der Waals surface area contributed by atoms with Crippen molar-refractivity contribution >= 4 is 38.3 Å². The fraction of sp³-hybridized carbons (Fsp3) is 0. The fourth-order valence-corrected chi connectivity index (χ4v) is 2.53. The second kappa shape index (κ2) is 4.48. The first-order valence-corrected chi connectivity index (χ1v) is 6.50. The molecule has 0 aliphatic rings. The van der Waals surface area contributed by atoms with Crippen molar-refractivity contribution in [3.05, 3.63) is 47.5 Å². The first-order chi connectivity index (χ1) is 8.72. The molecule has 0 spiro atoms. The summed E-state index contributed by atoms with van der Waals surface area (Å²) in [7, 11) is 0. The van der Waals surface area contributed by atoms with Crippen molar-refractivity contribution < 1.29 is 4.74 Å². The largest absolute Gasteiger partial charge is 0.455 e. The van der Waals surface area contributed by atoms with Gasteiger partial charge in [0.25, 0.3) is 0 Å². The van der Waals surface area contributed by atoms with Crippen molar-refractivity contribution in [1.82, 2.24) is 4.98 Å². The van der Waals surface area contributed by atoms with E-state index in [4.69, 9.17) is 22.1 Å². The number of ether oxygens (including phenoxy) is 1. The number of nitrogens with zero attached hydrogens (tertiary/aromatic N) is 1. The Bertz CT molecular complexity index is 694. The van der Waals surface area contributed by atoms with Crippen LogP contribution in [0.4, 0.5) is 5.13 Å². The number of nitrogens with two attached hydrogens (primary N) is 1. The standard InChI is InChI=1S/C13H9ClN2OS/c14-8-4-6-9(7-5-8)17-10-2-1-3-11-12(10)16-13(15)18-11/h1-7H,(H2,15,16).